The molecule has 5 nitrogen and oxygen atoms in total. The average molecular weight is 388 g/mol. The molecule has 1 aromatic carbocycles. The molecule has 0 saturated heterocycles. The highest BCUT2D eigenvalue weighted by Gasteiger charge is 2.19. The van der Waals surface area contributed by atoms with Crippen LogP contribution in [0.3, 0.4) is 0 Å². The fourth-order valence-corrected chi connectivity index (χ4v) is 3.05. The first-order chi connectivity index (χ1) is 11.6. The number of hydrogen-bond acceptors (Lipinski definition) is 6. The van der Waals surface area contributed by atoms with Gasteiger partial charge < -0.3 is 13.8 Å². The van der Waals surface area contributed by atoms with Crippen LogP contribution in [0.4, 0.5) is 5.69 Å². The Morgan fingerprint density at radius 1 is 1.24 bits per heavy atom. The van der Waals surface area contributed by atoms with Crippen molar-refractivity contribution in [3.8, 4) is 0 Å². The molecule has 0 aliphatic heterocycles. The molecule has 0 spiro atoms. The summed E-state index contributed by atoms with van der Waals surface area (Å²) in [4.78, 5) is 17.6. The molecule has 0 bridgehead atoms. The number of aromatic nitrogens is 2. The molecule has 0 aliphatic rings. The summed E-state index contributed by atoms with van der Waals surface area (Å²) in [6.07, 6.45) is 3.47. The van der Waals surface area contributed by atoms with E-state index in [4.69, 9.17) is 4.55 Å². The molecule has 0 saturated carbocycles. The number of rotatable bonds is 4. The first kappa shape index (κ1) is 21.6. The molecular formula is C17H19AlN3O2S2. The van der Waals surface area contributed by atoms with Gasteiger partial charge in [-0.15, -0.1) is 12.6 Å². The zero-order valence-corrected chi connectivity index (χ0v) is 17.1. The molecule has 8 heteroatoms. The van der Waals surface area contributed by atoms with Gasteiger partial charge in [-0.25, -0.2) is 4.98 Å². The molecule has 3 rings (SSSR count). The van der Waals surface area contributed by atoms with Crippen molar-refractivity contribution in [3.63, 3.8) is 0 Å². The average Bonchev–Trinajstić information content (AvgIpc) is 2.95. The highest BCUT2D eigenvalue weighted by atomic mass is 32.2. The Bertz CT molecular complexity index is 868. The number of anilines is 1. The van der Waals surface area contributed by atoms with Gasteiger partial charge >= 0.3 is 0 Å². The standard InChI is InChI=1S/C15H13N3O2S2.C2H6.Al/c1-18-8-11(9-5-3-7-16-15(9)18)13(19)10-4-2-6-12(14(10)21)17-22-20;1-2;/h2-8,17,20-21H,1H3;1-2H3;. The van der Waals surface area contributed by atoms with Gasteiger partial charge in [-0.1, -0.05) is 19.9 Å². The van der Waals surface area contributed by atoms with E-state index >= 15 is 0 Å². The zero-order chi connectivity index (χ0) is 17.7. The molecule has 25 heavy (non-hydrogen) atoms. The van der Waals surface area contributed by atoms with E-state index in [0.29, 0.717) is 33.9 Å². The summed E-state index contributed by atoms with van der Waals surface area (Å²) in [6.45, 7) is 4.00. The Balaban J connectivity index is 0.00000101. The lowest BCUT2D eigenvalue weighted by Gasteiger charge is -2.09. The largest absolute Gasteiger partial charge is 0.335 e. The van der Waals surface area contributed by atoms with Gasteiger partial charge in [-0.05, 0) is 24.3 Å². The van der Waals surface area contributed by atoms with Crippen LogP contribution in [0.2, 0.25) is 0 Å². The van der Waals surface area contributed by atoms with Gasteiger partial charge in [0, 0.05) is 58.2 Å². The van der Waals surface area contributed by atoms with Crippen molar-refractivity contribution in [1.82, 2.24) is 9.55 Å². The minimum absolute atomic E-state index is 0. The summed E-state index contributed by atoms with van der Waals surface area (Å²) < 4.78 is 13.4. The summed E-state index contributed by atoms with van der Waals surface area (Å²) in [5.74, 6) is -0.129. The second-order valence-corrected chi connectivity index (χ2v) is 5.59. The first-order valence-corrected chi connectivity index (χ1v) is 8.68. The minimum Gasteiger partial charge on any atom is -0.335 e. The monoisotopic (exact) mass is 388 g/mol. The third kappa shape index (κ3) is 4.40. The summed E-state index contributed by atoms with van der Waals surface area (Å²) in [5, 5.41) is 0.803. The number of pyridine rings is 1. The van der Waals surface area contributed by atoms with E-state index in [9.17, 15) is 4.79 Å². The van der Waals surface area contributed by atoms with Crippen molar-refractivity contribution >= 4 is 64.7 Å². The van der Waals surface area contributed by atoms with Crippen molar-refractivity contribution < 1.29 is 9.35 Å². The van der Waals surface area contributed by atoms with Crippen LogP contribution >= 0.6 is 24.9 Å². The highest BCUT2D eigenvalue weighted by Crippen LogP contribution is 2.29. The Labute approximate surface area is 167 Å². The second-order valence-electron chi connectivity index (χ2n) is 4.75. The number of benzene rings is 1. The van der Waals surface area contributed by atoms with Crippen LogP contribution in [0.5, 0.6) is 0 Å². The maximum absolute atomic E-state index is 12.9. The fourth-order valence-electron chi connectivity index (χ4n) is 2.40. The van der Waals surface area contributed by atoms with Gasteiger partial charge in [-0.3, -0.25) is 4.79 Å². The number of nitrogens with one attached hydrogen (secondary N) is 1. The number of nitrogens with zero attached hydrogens (tertiary/aromatic N) is 2. The van der Waals surface area contributed by atoms with E-state index in [1.165, 1.54) is 0 Å². The van der Waals surface area contributed by atoms with Gasteiger partial charge in [0.2, 0.25) is 0 Å². The molecule has 3 aromatic rings. The number of hydrogen-bond donors (Lipinski definition) is 3. The molecule has 0 atom stereocenters. The van der Waals surface area contributed by atoms with Crippen LogP contribution in [0.1, 0.15) is 29.8 Å². The van der Waals surface area contributed by atoms with Gasteiger partial charge in [0.25, 0.3) is 0 Å². The third-order valence-corrected chi connectivity index (χ3v) is 4.21. The van der Waals surface area contributed by atoms with Crippen LogP contribution in [-0.4, -0.2) is 37.2 Å². The van der Waals surface area contributed by atoms with Gasteiger partial charge in [0.05, 0.1) is 5.69 Å². The quantitative estimate of drug-likeness (QED) is 0.205. The Hall–Kier alpha value is -1.43. The number of carbonyl (C=O) groups excluding carboxylic acids is 1. The van der Waals surface area contributed by atoms with E-state index in [-0.39, 0.29) is 23.1 Å². The smallest absolute Gasteiger partial charge is 0.196 e. The predicted molar refractivity (Wildman–Crippen MR) is 109 cm³/mol. The molecule has 3 radical (unpaired) electrons. The van der Waals surface area contributed by atoms with Gasteiger partial charge in [0.15, 0.2) is 5.78 Å². The fraction of sp³-hybridized carbons (Fsp3) is 0.176. The van der Waals surface area contributed by atoms with Crippen molar-refractivity contribution in [2.45, 2.75) is 18.7 Å². The molecule has 2 N–H and O–H groups in total. The van der Waals surface area contributed by atoms with E-state index in [1.54, 1.807) is 36.7 Å². The lowest BCUT2D eigenvalue weighted by Crippen LogP contribution is -2.03. The topological polar surface area (TPSA) is 67.2 Å². The Kier molecular flexibility index (Phi) is 8.56. The molecule has 2 heterocycles. The first-order valence-electron chi connectivity index (χ1n) is 7.46. The molecular weight excluding hydrogens is 369 g/mol. The van der Waals surface area contributed by atoms with Gasteiger partial charge in [0.1, 0.15) is 17.9 Å². The summed E-state index contributed by atoms with van der Waals surface area (Å²) >= 11 is 4.87. The molecule has 2 aromatic heterocycles. The number of ketones is 1. The van der Waals surface area contributed by atoms with Gasteiger partial charge in [-0.2, -0.15) is 0 Å². The number of aryl methyl sites for hydroxylation is 1. The van der Waals surface area contributed by atoms with Crippen molar-refractivity contribution in [1.29, 1.82) is 0 Å². The predicted octanol–water partition coefficient (Wildman–Crippen LogP) is 4.27. The summed E-state index contributed by atoms with van der Waals surface area (Å²) in [5.41, 5.74) is 2.39. The SMILES string of the molecule is CC.Cn1cc(C(=O)c2cccc(NSO)c2S)c2cccnc21.[Al]. The number of fused-ring (bicyclic) bond motifs is 1. The lowest BCUT2D eigenvalue weighted by atomic mass is 10.0. The molecule has 0 fully saturated rings. The van der Waals surface area contributed by atoms with E-state index in [1.807, 2.05) is 31.5 Å². The third-order valence-electron chi connectivity index (χ3n) is 3.41. The van der Waals surface area contributed by atoms with Crippen LogP contribution in [0.15, 0.2) is 47.6 Å². The molecule has 0 amide bonds. The van der Waals surface area contributed by atoms with Crippen LogP contribution in [-0.2, 0) is 7.05 Å². The normalized spacial score (nSPS) is 9.80. The van der Waals surface area contributed by atoms with Crippen LogP contribution in [0, 0.1) is 0 Å². The highest BCUT2D eigenvalue weighted by molar-refractivity contribution is 7.95. The number of carbonyl (C=O) groups is 1. The zero-order valence-electron chi connectivity index (χ0n) is 14.2. The van der Waals surface area contributed by atoms with Crippen molar-refractivity contribution in [2.75, 3.05) is 4.72 Å². The van der Waals surface area contributed by atoms with Crippen LogP contribution in [0.25, 0.3) is 11.0 Å². The minimum atomic E-state index is -0.129. The molecule has 0 aliphatic carbocycles. The molecule has 129 valence electrons. The van der Waals surface area contributed by atoms with E-state index in [0.717, 1.165) is 11.0 Å². The maximum atomic E-state index is 12.9. The second kappa shape index (κ2) is 9.90. The maximum Gasteiger partial charge on any atom is 0.196 e. The van der Waals surface area contributed by atoms with Crippen molar-refractivity contribution in [3.05, 3.63) is 53.9 Å². The van der Waals surface area contributed by atoms with E-state index in [2.05, 4.69) is 22.3 Å². The van der Waals surface area contributed by atoms with Crippen molar-refractivity contribution in [2.24, 2.45) is 7.05 Å². The van der Waals surface area contributed by atoms with E-state index < -0.39 is 0 Å². The Morgan fingerprint density at radius 2 is 1.96 bits per heavy atom. The summed E-state index contributed by atoms with van der Waals surface area (Å²) in [7, 11) is 1.86. The Morgan fingerprint density at radius 3 is 2.64 bits per heavy atom. The lowest BCUT2D eigenvalue weighted by molar-refractivity contribution is 0.103. The van der Waals surface area contributed by atoms with Crippen LogP contribution < -0.4 is 4.72 Å². The number of thiol groups is 1. The summed E-state index contributed by atoms with van der Waals surface area (Å²) in [6, 6.07) is 8.88. The molecule has 0 unspecified atom stereocenters.